The molecule has 2 atom stereocenters. The van der Waals surface area contributed by atoms with Crippen LogP contribution in [0.3, 0.4) is 0 Å². The molecule has 1 aromatic carbocycles. The van der Waals surface area contributed by atoms with Crippen LogP contribution in [0.4, 0.5) is 10.5 Å². The number of anilines is 1. The molecule has 0 radical (unpaired) electrons. The molecular formula is C20H30N2O3S. The van der Waals surface area contributed by atoms with Crippen LogP contribution in [0.25, 0.3) is 0 Å². The van der Waals surface area contributed by atoms with Gasteiger partial charge in [-0.25, -0.2) is 9.59 Å². The number of esters is 1. The Kier molecular flexibility index (Phi) is 7.38. The zero-order valence-electron chi connectivity index (χ0n) is 16.3. The van der Waals surface area contributed by atoms with Gasteiger partial charge in [-0.1, -0.05) is 39.8 Å². The third-order valence-electron chi connectivity index (χ3n) is 4.10. The van der Waals surface area contributed by atoms with E-state index in [0.29, 0.717) is 18.3 Å². The molecule has 1 N–H and O–H groups in total. The predicted molar refractivity (Wildman–Crippen MR) is 107 cm³/mol. The van der Waals surface area contributed by atoms with Gasteiger partial charge in [-0.05, 0) is 42.9 Å². The van der Waals surface area contributed by atoms with Crippen LogP contribution in [0.5, 0.6) is 0 Å². The summed E-state index contributed by atoms with van der Waals surface area (Å²) >= 11 is 1.66. The summed E-state index contributed by atoms with van der Waals surface area (Å²) in [6, 6.07) is 6.89. The standard InChI is InChI=1S/C20H30N2O3S/c1-13(2)9-18-22(17(12-26-18)19(23)25-11-14(3)4)20(24)21-16-8-6-7-15(5)10-16/h6-8,10,13-14,17-18H,9,11-12H2,1-5H3,(H,21,24). The summed E-state index contributed by atoms with van der Waals surface area (Å²) in [5.41, 5.74) is 1.81. The summed E-state index contributed by atoms with van der Waals surface area (Å²) < 4.78 is 5.42. The molecule has 0 bridgehead atoms. The topological polar surface area (TPSA) is 58.6 Å². The predicted octanol–water partition coefficient (Wildman–Crippen LogP) is 4.52. The number of urea groups is 1. The summed E-state index contributed by atoms with van der Waals surface area (Å²) in [6.45, 7) is 10.6. The summed E-state index contributed by atoms with van der Waals surface area (Å²) in [5, 5.41) is 2.93. The maximum atomic E-state index is 13.0. The van der Waals surface area contributed by atoms with Gasteiger partial charge in [-0.2, -0.15) is 0 Å². The smallest absolute Gasteiger partial charge is 0.329 e. The SMILES string of the molecule is Cc1cccc(NC(=O)N2C(CC(C)C)SCC2C(=O)OCC(C)C)c1. The minimum Gasteiger partial charge on any atom is -0.464 e. The average molecular weight is 379 g/mol. The van der Waals surface area contributed by atoms with Gasteiger partial charge in [0.15, 0.2) is 0 Å². The van der Waals surface area contributed by atoms with E-state index >= 15 is 0 Å². The average Bonchev–Trinajstić information content (AvgIpc) is 2.95. The number of amides is 2. The van der Waals surface area contributed by atoms with E-state index < -0.39 is 6.04 Å². The summed E-state index contributed by atoms with van der Waals surface area (Å²) in [6.07, 6.45) is 0.847. The highest BCUT2D eigenvalue weighted by Gasteiger charge is 2.42. The molecule has 26 heavy (non-hydrogen) atoms. The van der Waals surface area contributed by atoms with Gasteiger partial charge in [0.05, 0.1) is 12.0 Å². The Morgan fingerprint density at radius 2 is 2.00 bits per heavy atom. The molecule has 0 aliphatic carbocycles. The van der Waals surface area contributed by atoms with E-state index in [-0.39, 0.29) is 23.3 Å². The number of rotatable bonds is 6. The molecule has 144 valence electrons. The van der Waals surface area contributed by atoms with Gasteiger partial charge in [0, 0.05) is 11.4 Å². The third kappa shape index (κ3) is 5.66. The van der Waals surface area contributed by atoms with Gasteiger partial charge in [0.2, 0.25) is 0 Å². The zero-order chi connectivity index (χ0) is 19.3. The summed E-state index contributed by atoms with van der Waals surface area (Å²) in [4.78, 5) is 27.2. The number of nitrogens with zero attached hydrogens (tertiary/aromatic N) is 1. The normalized spacial score (nSPS) is 19.9. The van der Waals surface area contributed by atoms with E-state index in [1.54, 1.807) is 16.7 Å². The second-order valence-corrected chi connectivity index (χ2v) is 8.87. The van der Waals surface area contributed by atoms with Crippen LogP contribution >= 0.6 is 11.8 Å². The Bertz CT molecular complexity index is 633. The molecule has 2 rings (SSSR count). The number of carbonyl (C=O) groups is 2. The van der Waals surface area contributed by atoms with Crippen LogP contribution in [0, 0.1) is 18.8 Å². The van der Waals surface area contributed by atoms with Crippen LogP contribution < -0.4 is 5.32 Å². The van der Waals surface area contributed by atoms with Gasteiger partial charge in [0.25, 0.3) is 0 Å². The lowest BCUT2D eigenvalue weighted by molar-refractivity contribution is -0.149. The van der Waals surface area contributed by atoms with E-state index in [2.05, 4.69) is 19.2 Å². The molecule has 0 aromatic heterocycles. The molecular weight excluding hydrogens is 348 g/mol. The number of benzene rings is 1. The first kappa shape index (κ1) is 20.6. The molecule has 1 fully saturated rings. The van der Waals surface area contributed by atoms with Gasteiger partial charge in [-0.3, -0.25) is 4.90 Å². The van der Waals surface area contributed by atoms with Crippen molar-refractivity contribution in [3.63, 3.8) is 0 Å². The maximum Gasteiger partial charge on any atom is 0.329 e. The van der Waals surface area contributed by atoms with Crippen molar-refractivity contribution in [1.29, 1.82) is 0 Å². The molecule has 2 amide bonds. The van der Waals surface area contributed by atoms with Crippen molar-refractivity contribution in [2.45, 2.75) is 52.5 Å². The molecule has 1 aliphatic rings. The molecule has 0 spiro atoms. The second kappa shape index (κ2) is 9.31. The lowest BCUT2D eigenvalue weighted by Crippen LogP contribution is -2.48. The molecule has 6 heteroatoms. The highest BCUT2D eigenvalue weighted by molar-refractivity contribution is 8.00. The van der Waals surface area contributed by atoms with Crippen molar-refractivity contribution in [3.05, 3.63) is 29.8 Å². The lowest BCUT2D eigenvalue weighted by Gasteiger charge is -2.29. The largest absolute Gasteiger partial charge is 0.464 e. The monoisotopic (exact) mass is 378 g/mol. The Hall–Kier alpha value is -1.69. The Morgan fingerprint density at radius 1 is 1.27 bits per heavy atom. The van der Waals surface area contributed by atoms with E-state index in [1.807, 2.05) is 45.0 Å². The molecule has 0 saturated carbocycles. The van der Waals surface area contributed by atoms with Gasteiger partial charge >= 0.3 is 12.0 Å². The van der Waals surface area contributed by atoms with Crippen molar-refractivity contribution in [2.75, 3.05) is 17.7 Å². The highest BCUT2D eigenvalue weighted by Crippen LogP contribution is 2.34. The quantitative estimate of drug-likeness (QED) is 0.740. The van der Waals surface area contributed by atoms with Gasteiger partial charge < -0.3 is 10.1 Å². The number of hydrogen-bond acceptors (Lipinski definition) is 4. The number of hydrogen-bond donors (Lipinski definition) is 1. The van der Waals surface area contributed by atoms with E-state index in [9.17, 15) is 9.59 Å². The van der Waals surface area contributed by atoms with Crippen LogP contribution in [0.1, 0.15) is 39.7 Å². The van der Waals surface area contributed by atoms with E-state index in [1.165, 1.54) is 0 Å². The first-order valence-corrected chi connectivity index (χ1v) is 10.3. The van der Waals surface area contributed by atoms with Crippen LogP contribution in [0.2, 0.25) is 0 Å². The fourth-order valence-electron chi connectivity index (χ4n) is 2.86. The fraction of sp³-hybridized carbons (Fsp3) is 0.600. The Labute approximate surface area is 160 Å². The number of aryl methyl sites for hydroxylation is 1. The van der Waals surface area contributed by atoms with Crippen molar-refractivity contribution >= 4 is 29.4 Å². The molecule has 5 nitrogen and oxygen atoms in total. The first-order chi connectivity index (χ1) is 12.3. The van der Waals surface area contributed by atoms with Gasteiger partial charge in [0.1, 0.15) is 6.04 Å². The van der Waals surface area contributed by atoms with E-state index in [4.69, 9.17) is 4.74 Å². The molecule has 1 saturated heterocycles. The molecule has 2 unspecified atom stereocenters. The van der Waals surface area contributed by atoms with Crippen LogP contribution in [-0.2, 0) is 9.53 Å². The minimum absolute atomic E-state index is 0.0172. The third-order valence-corrected chi connectivity index (χ3v) is 5.41. The maximum absolute atomic E-state index is 13.0. The minimum atomic E-state index is -0.535. The zero-order valence-corrected chi connectivity index (χ0v) is 17.1. The highest BCUT2D eigenvalue weighted by atomic mass is 32.2. The molecule has 1 aliphatic heterocycles. The van der Waals surface area contributed by atoms with Crippen molar-refractivity contribution in [1.82, 2.24) is 4.90 Å². The fourth-order valence-corrected chi connectivity index (χ4v) is 4.48. The van der Waals surface area contributed by atoms with Crippen molar-refractivity contribution in [3.8, 4) is 0 Å². The Balaban J connectivity index is 2.14. The lowest BCUT2D eigenvalue weighted by atomic mass is 10.1. The van der Waals surface area contributed by atoms with Gasteiger partial charge in [-0.15, -0.1) is 11.8 Å². The number of thioether (sulfide) groups is 1. The Morgan fingerprint density at radius 3 is 2.62 bits per heavy atom. The molecule has 1 heterocycles. The number of carbonyl (C=O) groups excluding carboxylic acids is 2. The number of ether oxygens (including phenoxy) is 1. The van der Waals surface area contributed by atoms with Crippen molar-refractivity contribution in [2.24, 2.45) is 11.8 Å². The van der Waals surface area contributed by atoms with E-state index in [0.717, 1.165) is 17.7 Å². The number of nitrogens with one attached hydrogen (secondary N) is 1. The molecule has 1 aromatic rings. The van der Waals surface area contributed by atoms with Crippen LogP contribution in [-0.4, -0.2) is 40.7 Å². The second-order valence-electron chi connectivity index (χ2n) is 7.66. The first-order valence-electron chi connectivity index (χ1n) is 9.22. The summed E-state index contributed by atoms with van der Waals surface area (Å²) in [7, 11) is 0. The summed E-state index contributed by atoms with van der Waals surface area (Å²) in [5.74, 6) is 0.980. The van der Waals surface area contributed by atoms with Crippen molar-refractivity contribution < 1.29 is 14.3 Å². The van der Waals surface area contributed by atoms with Crippen LogP contribution in [0.15, 0.2) is 24.3 Å².